The van der Waals surface area contributed by atoms with Crippen LogP contribution in [0.25, 0.3) is 0 Å². The van der Waals surface area contributed by atoms with Gasteiger partial charge in [0.05, 0.1) is 0 Å². The first-order chi connectivity index (χ1) is 11.7. The van der Waals surface area contributed by atoms with Crippen molar-refractivity contribution in [3.05, 3.63) is 0 Å². The summed E-state index contributed by atoms with van der Waals surface area (Å²) < 4.78 is 17.6. The first-order valence-electron chi connectivity index (χ1n) is 9.61. The quantitative estimate of drug-likeness (QED) is 0.701. The van der Waals surface area contributed by atoms with Crippen molar-refractivity contribution >= 4 is 15.4 Å². The summed E-state index contributed by atoms with van der Waals surface area (Å²) in [5.41, 5.74) is 7.29. The van der Waals surface area contributed by atoms with Gasteiger partial charge in [-0.1, -0.05) is 12.8 Å². The van der Waals surface area contributed by atoms with E-state index in [1.165, 1.54) is 38.5 Å². The fourth-order valence-corrected chi connectivity index (χ4v) is 12.6. The van der Waals surface area contributed by atoms with Crippen LogP contribution in [-0.2, 0) is 0 Å². The third-order valence-electron chi connectivity index (χ3n) is 5.36. The lowest BCUT2D eigenvalue weighted by Crippen LogP contribution is -2.44. The topological polar surface area (TPSA) is 54.6 Å². The summed E-state index contributed by atoms with van der Waals surface area (Å²) >= 11 is 0. The Bertz CT molecular complexity index is 423. The van der Waals surface area contributed by atoms with Crippen LogP contribution in [0.1, 0.15) is 38.5 Å². The van der Waals surface area contributed by atoms with Crippen LogP contribution in [0.2, 0.25) is 0 Å². The lowest BCUT2D eigenvalue weighted by atomic mass is 10.2. The molecule has 0 bridgehead atoms. The minimum absolute atomic E-state index is 1.10. The van der Waals surface area contributed by atoms with Gasteiger partial charge in [-0.05, 0) is 72.5 Å². The van der Waals surface area contributed by atoms with Crippen LogP contribution in [0.4, 0.5) is 0 Å². The summed E-state index contributed by atoms with van der Waals surface area (Å²) in [4.78, 5) is 0. The van der Waals surface area contributed by atoms with Crippen LogP contribution in [0.5, 0.6) is 0 Å². The Morgan fingerprint density at radius 3 is 1.28 bits per heavy atom. The molecule has 2 N–H and O–H groups in total. The van der Waals surface area contributed by atoms with Crippen molar-refractivity contribution in [3.8, 4) is 0 Å². The number of piperidine rings is 2. The summed E-state index contributed by atoms with van der Waals surface area (Å²) in [6.45, 7) is 4.38. The Hall–Kier alpha value is 0.420. The van der Waals surface area contributed by atoms with E-state index in [9.17, 15) is 0 Å². The molecule has 0 spiro atoms. The van der Waals surface area contributed by atoms with E-state index in [0.717, 1.165) is 26.2 Å². The van der Waals surface area contributed by atoms with Crippen LogP contribution < -0.4 is 5.50 Å². The van der Waals surface area contributed by atoms with Crippen LogP contribution in [0, 0.1) is 0 Å². The normalized spacial score (nSPS) is 22.2. The lowest BCUT2D eigenvalue weighted by Gasteiger charge is -2.44. The fourth-order valence-electron chi connectivity index (χ4n) is 4.13. The number of nitrogens with zero attached hydrogens (tertiary/aromatic N) is 6. The molecule has 2 aliphatic rings. The SMILES string of the molecule is CN(C)P(=N[P+](N)(N1CCCCC1)N1CCCCC1)(N(C)C)N(C)C. The molecule has 2 heterocycles. The van der Waals surface area contributed by atoms with Crippen molar-refractivity contribution in [2.24, 2.45) is 10.0 Å². The summed E-state index contributed by atoms with van der Waals surface area (Å²) in [5, 5.41) is 0. The molecular formula is C16H40N7P2+. The van der Waals surface area contributed by atoms with E-state index in [2.05, 4.69) is 65.6 Å². The Labute approximate surface area is 156 Å². The maximum Gasteiger partial charge on any atom is 0.352 e. The third-order valence-corrected chi connectivity index (χ3v) is 13.1. The number of hydrogen-bond donors (Lipinski definition) is 1. The second-order valence-electron chi connectivity index (χ2n) is 7.81. The number of rotatable bonds is 6. The third kappa shape index (κ3) is 4.47. The number of nitrogens with two attached hydrogens (primary N) is 1. The van der Waals surface area contributed by atoms with Crippen molar-refractivity contribution in [1.29, 1.82) is 0 Å². The molecule has 0 aliphatic carbocycles. The Morgan fingerprint density at radius 2 is 1.00 bits per heavy atom. The van der Waals surface area contributed by atoms with Crippen molar-refractivity contribution in [3.63, 3.8) is 0 Å². The lowest BCUT2D eigenvalue weighted by molar-refractivity contribution is 0.298. The highest BCUT2D eigenvalue weighted by atomic mass is 31.2. The van der Waals surface area contributed by atoms with Crippen molar-refractivity contribution < 1.29 is 0 Å². The second-order valence-corrected chi connectivity index (χ2v) is 14.4. The minimum Gasteiger partial charge on any atom is -0.249 e. The zero-order valence-electron chi connectivity index (χ0n) is 17.2. The summed E-state index contributed by atoms with van der Waals surface area (Å²) in [6, 6.07) is 0. The van der Waals surface area contributed by atoms with Crippen molar-refractivity contribution in [2.45, 2.75) is 38.5 Å². The monoisotopic (exact) mass is 392 g/mol. The van der Waals surface area contributed by atoms with Crippen LogP contribution >= 0.6 is 15.4 Å². The van der Waals surface area contributed by atoms with Gasteiger partial charge in [0.1, 0.15) is 0 Å². The van der Waals surface area contributed by atoms with Crippen LogP contribution in [0.3, 0.4) is 0 Å². The highest BCUT2D eigenvalue weighted by Crippen LogP contribution is 2.70. The van der Waals surface area contributed by atoms with Gasteiger partial charge in [-0.2, -0.15) is 5.50 Å². The minimum atomic E-state index is -2.19. The van der Waals surface area contributed by atoms with Gasteiger partial charge >= 0.3 is 7.87 Å². The summed E-state index contributed by atoms with van der Waals surface area (Å²) in [5.74, 6) is 0. The predicted molar refractivity (Wildman–Crippen MR) is 112 cm³/mol. The fraction of sp³-hybridized carbons (Fsp3) is 1.00. The van der Waals surface area contributed by atoms with E-state index >= 15 is 0 Å². The molecule has 0 aromatic rings. The molecule has 0 aromatic carbocycles. The van der Waals surface area contributed by atoms with Gasteiger partial charge in [0.2, 0.25) is 7.51 Å². The van der Waals surface area contributed by atoms with E-state index in [1.54, 1.807) is 0 Å². The first-order valence-corrected chi connectivity index (χ1v) is 12.9. The van der Waals surface area contributed by atoms with Gasteiger partial charge in [-0.25, -0.2) is 14.0 Å². The summed E-state index contributed by atoms with van der Waals surface area (Å²) in [7, 11) is 8.69. The van der Waals surface area contributed by atoms with Gasteiger partial charge in [0.15, 0.2) is 0 Å². The van der Waals surface area contributed by atoms with Gasteiger partial charge in [0.25, 0.3) is 0 Å². The molecule has 9 heteroatoms. The summed E-state index contributed by atoms with van der Waals surface area (Å²) in [6.07, 6.45) is 7.65. The molecule has 0 saturated carbocycles. The molecule has 25 heavy (non-hydrogen) atoms. The first kappa shape index (κ1) is 21.7. The largest absolute Gasteiger partial charge is 0.352 e. The van der Waals surface area contributed by atoms with E-state index in [-0.39, 0.29) is 0 Å². The Balaban J connectivity index is 2.55. The molecule has 7 nitrogen and oxygen atoms in total. The molecule has 2 saturated heterocycles. The molecule has 2 rings (SSSR count). The maximum atomic E-state index is 7.29. The maximum absolute atomic E-state index is 7.29. The van der Waals surface area contributed by atoms with E-state index in [4.69, 9.17) is 10.0 Å². The van der Waals surface area contributed by atoms with Gasteiger partial charge in [-0.3, -0.25) is 0 Å². The molecular weight excluding hydrogens is 352 g/mol. The predicted octanol–water partition coefficient (Wildman–Crippen LogP) is 3.23. The molecule has 0 amide bonds. The average Bonchev–Trinajstić information content (AvgIpc) is 2.60. The van der Waals surface area contributed by atoms with Crippen molar-refractivity contribution in [2.75, 3.05) is 68.5 Å². The van der Waals surface area contributed by atoms with Gasteiger partial charge in [0, 0.05) is 26.2 Å². The zero-order chi connectivity index (χ0) is 18.7. The molecule has 2 fully saturated rings. The van der Waals surface area contributed by atoms with Gasteiger partial charge in [-0.15, -0.1) is 9.34 Å². The highest BCUT2D eigenvalue weighted by Gasteiger charge is 2.52. The second kappa shape index (κ2) is 9.07. The Kier molecular flexibility index (Phi) is 7.88. The zero-order valence-corrected chi connectivity index (χ0v) is 19.0. The van der Waals surface area contributed by atoms with Crippen LogP contribution in [-0.4, -0.2) is 91.8 Å². The van der Waals surface area contributed by atoms with Crippen LogP contribution in [0.15, 0.2) is 4.52 Å². The molecule has 0 radical (unpaired) electrons. The molecule has 0 atom stereocenters. The Morgan fingerprint density at radius 1 is 0.680 bits per heavy atom. The molecule has 148 valence electrons. The molecule has 2 aliphatic heterocycles. The molecule has 0 aromatic heterocycles. The van der Waals surface area contributed by atoms with E-state index < -0.39 is 15.4 Å². The van der Waals surface area contributed by atoms with Gasteiger partial charge < -0.3 is 0 Å². The smallest absolute Gasteiger partial charge is 0.249 e. The van der Waals surface area contributed by atoms with E-state index in [0.29, 0.717) is 0 Å². The standard InChI is InChI=1S/C16H40N7P2/c1-19(2)25(20(3)4,21(5)6)18-24(17,22-13-9-7-10-14-22)23-15-11-8-12-16-23/h7-17H2,1-6H3/q+1. The highest BCUT2D eigenvalue weighted by molar-refractivity contribution is 7.75. The van der Waals surface area contributed by atoms with Crippen molar-refractivity contribution in [1.82, 2.24) is 23.4 Å². The average molecular weight is 392 g/mol. The molecule has 0 unspecified atom stereocenters. The number of hydrogen-bond acceptors (Lipinski definition) is 4. The van der Waals surface area contributed by atoms with E-state index in [1.807, 2.05) is 0 Å².